The zero-order valence-electron chi connectivity index (χ0n) is 13.0. The first kappa shape index (κ1) is 17.9. The topological polar surface area (TPSA) is 0 Å². The molecule has 0 saturated heterocycles. The van der Waals surface area contributed by atoms with E-state index in [0.717, 1.165) is 12.0 Å². The van der Waals surface area contributed by atoms with Gasteiger partial charge in [0.1, 0.15) is 0 Å². The predicted octanol–water partition coefficient (Wildman–Crippen LogP) is 5.52. The highest BCUT2D eigenvalue weighted by atomic mass is 32.1. The van der Waals surface area contributed by atoms with Crippen LogP contribution in [-0.4, -0.2) is 0 Å². The molecule has 0 nitrogen and oxygen atoms in total. The van der Waals surface area contributed by atoms with Gasteiger partial charge in [-0.1, -0.05) is 38.1 Å². The number of benzene rings is 2. The SMILES string of the molecule is CC(C)Cc1ccc(CCc2c(F)c(F)c(S)c(F)c2F)cc1. The van der Waals surface area contributed by atoms with Gasteiger partial charge in [0.15, 0.2) is 23.3 Å². The maximum atomic E-state index is 13.8. The highest BCUT2D eigenvalue weighted by Gasteiger charge is 2.23. The quantitative estimate of drug-likeness (QED) is 0.413. The Kier molecular flexibility index (Phi) is 5.74. The van der Waals surface area contributed by atoms with Crippen molar-refractivity contribution in [3.05, 3.63) is 64.2 Å². The summed E-state index contributed by atoms with van der Waals surface area (Å²) in [5.74, 6) is -5.10. The van der Waals surface area contributed by atoms with Gasteiger partial charge in [-0.15, -0.1) is 12.6 Å². The predicted molar refractivity (Wildman–Crippen MR) is 85.9 cm³/mol. The lowest BCUT2D eigenvalue weighted by molar-refractivity contribution is 0.413. The van der Waals surface area contributed by atoms with Gasteiger partial charge in [0.05, 0.1) is 4.90 Å². The van der Waals surface area contributed by atoms with Crippen LogP contribution in [0, 0.1) is 29.2 Å². The molecule has 0 aliphatic heterocycles. The standard InChI is InChI=1S/C18H18F4S/c1-10(2)9-12-5-3-11(4-6-12)7-8-13-14(19)16(21)18(23)17(22)15(13)20/h3-6,10,23H,7-9H2,1-2H3. The second-order valence-electron chi connectivity index (χ2n) is 6.00. The van der Waals surface area contributed by atoms with Crippen LogP contribution >= 0.6 is 12.6 Å². The summed E-state index contributed by atoms with van der Waals surface area (Å²) in [6, 6.07) is 7.65. The summed E-state index contributed by atoms with van der Waals surface area (Å²) in [7, 11) is 0. The molecule has 124 valence electrons. The van der Waals surface area contributed by atoms with Crippen LogP contribution in [0.5, 0.6) is 0 Å². The van der Waals surface area contributed by atoms with E-state index in [1.165, 1.54) is 5.56 Å². The molecule has 0 aromatic heterocycles. The van der Waals surface area contributed by atoms with E-state index in [2.05, 4.69) is 26.5 Å². The van der Waals surface area contributed by atoms with Crippen LogP contribution < -0.4 is 0 Å². The van der Waals surface area contributed by atoms with Crippen molar-refractivity contribution in [2.45, 2.75) is 38.0 Å². The van der Waals surface area contributed by atoms with Gasteiger partial charge in [-0.3, -0.25) is 0 Å². The van der Waals surface area contributed by atoms with Crippen molar-refractivity contribution in [1.29, 1.82) is 0 Å². The van der Waals surface area contributed by atoms with Crippen LogP contribution in [0.2, 0.25) is 0 Å². The van der Waals surface area contributed by atoms with Gasteiger partial charge >= 0.3 is 0 Å². The minimum atomic E-state index is -1.45. The van der Waals surface area contributed by atoms with E-state index in [9.17, 15) is 17.6 Å². The summed E-state index contributed by atoms with van der Waals surface area (Å²) < 4.78 is 54.5. The zero-order valence-corrected chi connectivity index (χ0v) is 13.9. The summed E-state index contributed by atoms with van der Waals surface area (Å²) in [4.78, 5) is -0.929. The molecular formula is C18H18F4S. The number of rotatable bonds is 5. The van der Waals surface area contributed by atoms with E-state index in [4.69, 9.17) is 0 Å². The molecule has 0 N–H and O–H groups in total. The molecule has 0 unspecified atom stereocenters. The van der Waals surface area contributed by atoms with E-state index >= 15 is 0 Å². The molecular weight excluding hydrogens is 324 g/mol. The van der Waals surface area contributed by atoms with Crippen LogP contribution in [0.15, 0.2) is 29.2 Å². The Bertz CT molecular complexity index is 664. The molecule has 0 amide bonds. The van der Waals surface area contributed by atoms with Crippen molar-refractivity contribution >= 4 is 12.6 Å². The number of halogens is 4. The summed E-state index contributed by atoms with van der Waals surface area (Å²) in [5, 5.41) is 0. The Balaban J connectivity index is 2.15. The molecule has 5 heteroatoms. The molecule has 0 heterocycles. The van der Waals surface area contributed by atoms with Crippen molar-refractivity contribution in [2.24, 2.45) is 5.92 Å². The lowest BCUT2D eigenvalue weighted by Crippen LogP contribution is -2.06. The van der Waals surface area contributed by atoms with Crippen molar-refractivity contribution in [2.75, 3.05) is 0 Å². The smallest absolute Gasteiger partial charge is 0.175 e. The number of aryl methyl sites for hydroxylation is 1. The molecule has 0 fully saturated rings. The molecule has 2 rings (SSSR count). The Morgan fingerprint density at radius 3 is 1.74 bits per heavy atom. The van der Waals surface area contributed by atoms with E-state index < -0.39 is 33.7 Å². The summed E-state index contributed by atoms with van der Waals surface area (Å²) in [6.07, 6.45) is 1.12. The number of hydrogen-bond acceptors (Lipinski definition) is 1. The molecule has 0 aliphatic carbocycles. The minimum Gasteiger partial charge on any atom is -0.203 e. The second-order valence-corrected chi connectivity index (χ2v) is 6.44. The van der Waals surface area contributed by atoms with Gasteiger partial charge in [0.25, 0.3) is 0 Å². The Hall–Kier alpha value is -1.49. The molecule has 23 heavy (non-hydrogen) atoms. The highest BCUT2D eigenvalue weighted by molar-refractivity contribution is 7.80. The van der Waals surface area contributed by atoms with Crippen molar-refractivity contribution < 1.29 is 17.6 Å². The second kappa shape index (κ2) is 7.39. The maximum Gasteiger partial charge on any atom is 0.175 e. The third kappa shape index (κ3) is 4.08. The first-order chi connectivity index (χ1) is 10.8. The summed E-state index contributed by atoms with van der Waals surface area (Å²) in [6.45, 7) is 4.24. The fourth-order valence-corrected chi connectivity index (χ4v) is 2.66. The largest absolute Gasteiger partial charge is 0.203 e. The van der Waals surface area contributed by atoms with Crippen molar-refractivity contribution in [3.63, 3.8) is 0 Å². The monoisotopic (exact) mass is 342 g/mol. The Labute approximate surface area is 138 Å². The molecule has 0 atom stereocenters. The first-order valence-electron chi connectivity index (χ1n) is 7.42. The molecule has 2 aromatic carbocycles. The number of hydrogen-bond donors (Lipinski definition) is 1. The normalized spacial score (nSPS) is 11.3. The van der Waals surface area contributed by atoms with Gasteiger partial charge in [0.2, 0.25) is 0 Å². The molecule has 0 bridgehead atoms. The fourth-order valence-electron chi connectivity index (χ4n) is 2.47. The van der Waals surface area contributed by atoms with Crippen LogP contribution in [0.3, 0.4) is 0 Å². The van der Waals surface area contributed by atoms with E-state index in [1.807, 2.05) is 24.3 Å². The average molecular weight is 342 g/mol. The third-order valence-electron chi connectivity index (χ3n) is 3.66. The summed E-state index contributed by atoms with van der Waals surface area (Å²) in [5.41, 5.74) is 1.45. The highest BCUT2D eigenvalue weighted by Crippen LogP contribution is 2.27. The third-order valence-corrected chi connectivity index (χ3v) is 4.05. The maximum absolute atomic E-state index is 13.8. The van der Waals surface area contributed by atoms with Gasteiger partial charge in [-0.2, -0.15) is 0 Å². The van der Waals surface area contributed by atoms with Gasteiger partial charge in [-0.05, 0) is 36.3 Å². The van der Waals surface area contributed by atoms with Gasteiger partial charge in [-0.25, -0.2) is 17.6 Å². The first-order valence-corrected chi connectivity index (χ1v) is 7.87. The zero-order chi connectivity index (χ0) is 17.1. The van der Waals surface area contributed by atoms with Gasteiger partial charge < -0.3 is 0 Å². The van der Waals surface area contributed by atoms with Gasteiger partial charge in [0, 0.05) is 5.56 Å². The van der Waals surface area contributed by atoms with Crippen LogP contribution in [0.25, 0.3) is 0 Å². The molecule has 0 saturated carbocycles. The Morgan fingerprint density at radius 2 is 1.26 bits per heavy atom. The molecule has 0 aliphatic rings. The van der Waals surface area contributed by atoms with E-state index in [1.54, 1.807) is 0 Å². The van der Waals surface area contributed by atoms with Crippen molar-refractivity contribution in [1.82, 2.24) is 0 Å². The summed E-state index contributed by atoms with van der Waals surface area (Å²) >= 11 is 3.44. The molecule has 2 aromatic rings. The van der Waals surface area contributed by atoms with Crippen LogP contribution in [0.1, 0.15) is 30.5 Å². The minimum absolute atomic E-state index is 0.122. The molecule has 0 radical (unpaired) electrons. The number of thiol groups is 1. The lowest BCUT2D eigenvalue weighted by atomic mass is 9.99. The molecule has 0 spiro atoms. The van der Waals surface area contributed by atoms with E-state index in [-0.39, 0.29) is 6.42 Å². The van der Waals surface area contributed by atoms with E-state index in [0.29, 0.717) is 12.3 Å². The fraction of sp³-hybridized carbons (Fsp3) is 0.333. The Morgan fingerprint density at radius 1 is 0.783 bits per heavy atom. The van der Waals surface area contributed by atoms with Crippen LogP contribution in [-0.2, 0) is 19.3 Å². The average Bonchev–Trinajstić information content (AvgIpc) is 2.52. The van der Waals surface area contributed by atoms with Crippen LogP contribution in [0.4, 0.5) is 17.6 Å². The van der Waals surface area contributed by atoms with Crippen molar-refractivity contribution in [3.8, 4) is 0 Å². The lowest BCUT2D eigenvalue weighted by Gasteiger charge is -2.10.